The van der Waals surface area contributed by atoms with Crippen molar-refractivity contribution >= 4 is 16.8 Å². The average Bonchev–Trinajstić information content (AvgIpc) is 2.49. The van der Waals surface area contributed by atoms with E-state index in [1.807, 2.05) is 19.9 Å². The molecule has 0 nitrogen and oxygen atoms in total. The summed E-state index contributed by atoms with van der Waals surface area (Å²) < 4.78 is 0. The van der Waals surface area contributed by atoms with Crippen molar-refractivity contribution < 1.29 is 0 Å². The van der Waals surface area contributed by atoms with Gasteiger partial charge in [-0.3, -0.25) is 0 Å². The van der Waals surface area contributed by atoms with E-state index < -0.39 is 0 Å². The molecule has 0 atom stereocenters. The van der Waals surface area contributed by atoms with Crippen molar-refractivity contribution in [2.45, 2.75) is 34.1 Å². The Hall–Kier alpha value is -2.00. The van der Waals surface area contributed by atoms with E-state index in [4.69, 9.17) is 0 Å². The standard InChI is InChI=1S/C15H16.C2H6.C2H2/c1-4-13-11(3)10-12-8-6-7-9-15(12)14(13)5-2;2*1-2/h4,6-10H,1,5H2,2-3H3;1-2H3;1-2H. The van der Waals surface area contributed by atoms with Crippen LogP contribution >= 0.6 is 0 Å². The highest BCUT2D eigenvalue weighted by molar-refractivity contribution is 5.89. The zero-order valence-electron chi connectivity index (χ0n) is 12.5. The van der Waals surface area contributed by atoms with Crippen molar-refractivity contribution in [3.05, 3.63) is 53.6 Å². The minimum absolute atomic E-state index is 1.06. The van der Waals surface area contributed by atoms with Crippen LogP contribution in [-0.4, -0.2) is 0 Å². The first-order valence-corrected chi connectivity index (χ1v) is 6.75. The third-order valence-corrected chi connectivity index (χ3v) is 2.97. The molecule has 0 spiro atoms. The molecule has 0 radical (unpaired) electrons. The number of aryl methyl sites for hydroxylation is 2. The van der Waals surface area contributed by atoms with Crippen molar-refractivity contribution in [1.29, 1.82) is 0 Å². The lowest BCUT2D eigenvalue weighted by Crippen LogP contribution is -1.92. The molecule has 0 unspecified atom stereocenters. The van der Waals surface area contributed by atoms with Gasteiger partial charge in [0.25, 0.3) is 0 Å². The molecule has 0 N–H and O–H groups in total. The van der Waals surface area contributed by atoms with Gasteiger partial charge >= 0.3 is 0 Å². The molecular formula is C19H24. The third kappa shape index (κ3) is 3.73. The topological polar surface area (TPSA) is 0 Å². The lowest BCUT2D eigenvalue weighted by molar-refractivity contribution is 1.14. The van der Waals surface area contributed by atoms with Crippen molar-refractivity contribution in [2.24, 2.45) is 0 Å². The van der Waals surface area contributed by atoms with E-state index in [2.05, 4.69) is 63.6 Å². The van der Waals surface area contributed by atoms with Crippen LogP contribution in [0.15, 0.2) is 36.9 Å². The van der Waals surface area contributed by atoms with Crippen molar-refractivity contribution in [2.75, 3.05) is 0 Å². The van der Waals surface area contributed by atoms with Crippen LogP contribution in [0, 0.1) is 19.8 Å². The molecule has 0 heterocycles. The Morgan fingerprint density at radius 3 is 2.26 bits per heavy atom. The van der Waals surface area contributed by atoms with Crippen molar-refractivity contribution in [3.8, 4) is 12.8 Å². The molecule has 0 aliphatic rings. The Balaban J connectivity index is 0.000000741. The molecule has 0 saturated heterocycles. The Labute approximate surface area is 118 Å². The molecule has 0 aliphatic heterocycles. The normalized spacial score (nSPS) is 8.74. The first-order chi connectivity index (χ1) is 9.27. The van der Waals surface area contributed by atoms with E-state index in [-0.39, 0.29) is 0 Å². The second-order valence-electron chi connectivity index (χ2n) is 3.86. The first-order valence-electron chi connectivity index (χ1n) is 6.75. The maximum atomic E-state index is 4.00. The third-order valence-electron chi connectivity index (χ3n) is 2.97. The fourth-order valence-electron chi connectivity index (χ4n) is 2.26. The lowest BCUT2D eigenvalue weighted by Gasteiger charge is -2.11. The molecule has 0 saturated carbocycles. The van der Waals surface area contributed by atoms with Gasteiger partial charge in [0.15, 0.2) is 0 Å². The van der Waals surface area contributed by atoms with Crippen LogP contribution in [0.4, 0.5) is 0 Å². The number of rotatable bonds is 2. The second-order valence-corrected chi connectivity index (χ2v) is 3.86. The number of fused-ring (bicyclic) bond motifs is 1. The first kappa shape index (κ1) is 17.0. The summed E-state index contributed by atoms with van der Waals surface area (Å²) in [5.74, 6) is 0. The number of hydrogen-bond donors (Lipinski definition) is 0. The molecule has 2 rings (SSSR count). The molecule has 100 valence electrons. The fraction of sp³-hybridized carbons (Fsp3) is 0.263. The van der Waals surface area contributed by atoms with Crippen molar-refractivity contribution in [1.82, 2.24) is 0 Å². The van der Waals surface area contributed by atoms with Crippen LogP contribution in [0.3, 0.4) is 0 Å². The molecule has 2 aromatic carbocycles. The quantitative estimate of drug-likeness (QED) is 0.608. The van der Waals surface area contributed by atoms with Gasteiger partial charge in [0.1, 0.15) is 0 Å². The van der Waals surface area contributed by atoms with Gasteiger partial charge in [0.2, 0.25) is 0 Å². The summed E-state index contributed by atoms with van der Waals surface area (Å²) in [6.07, 6.45) is 11.0. The largest absolute Gasteiger partial charge is 0.124 e. The summed E-state index contributed by atoms with van der Waals surface area (Å²) in [5.41, 5.74) is 4.04. The van der Waals surface area contributed by atoms with Gasteiger partial charge in [-0.25, -0.2) is 0 Å². The zero-order chi connectivity index (χ0) is 14.8. The zero-order valence-corrected chi connectivity index (χ0v) is 12.5. The van der Waals surface area contributed by atoms with E-state index in [1.54, 1.807) is 0 Å². The molecule has 0 amide bonds. The molecule has 2 aromatic rings. The van der Waals surface area contributed by atoms with Crippen LogP contribution in [0.2, 0.25) is 0 Å². The van der Waals surface area contributed by atoms with Gasteiger partial charge in [0.05, 0.1) is 0 Å². The van der Waals surface area contributed by atoms with Crippen LogP contribution < -0.4 is 0 Å². The van der Waals surface area contributed by atoms with Gasteiger partial charge in [-0.05, 0) is 40.8 Å². The highest BCUT2D eigenvalue weighted by Gasteiger charge is 2.06. The summed E-state index contributed by atoms with van der Waals surface area (Å²) in [6.45, 7) is 12.3. The van der Waals surface area contributed by atoms with Gasteiger partial charge in [-0.1, -0.05) is 63.8 Å². The van der Waals surface area contributed by atoms with E-state index in [0.717, 1.165) is 6.42 Å². The minimum Gasteiger partial charge on any atom is -0.124 e. The predicted octanol–water partition coefficient (Wildman–Crippen LogP) is 5.63. The molecule has 19 heavy (non-hydrogen) atoms. The van der Waals surface area contributed by atoms with E-state index in [0.29, 0.717) is 0 Å². The van der Waals surface area contributed by atoms with E-state index in [9.17, 15) is 0 Å². The van der Waals surface area contributed by atoms with Crippen LogP contribution in [0.5, 0.6) is 0 Å². The summed E-state index contributed by atoms with van der Waals surface area (Å²) in [6, 6.07) is 10.8. The Morgan fingerprint density at radius 1 is 1.16 bits per heavy atom. The molecule has 0 bridgehead atoms. The van der Waals surface area contributed by atoms with Crippen molar-refractivity contribution in [3.63, 3.8) is 0 Å². The second kappa shape index (κ2) is 9.00. The fourth-order valence-corrected chi connectivity index (χ4v) is 2.26. The van der Waals surface area contributed by atoms with E-state index >= 15 is 0 Å². The summed E-state index contributed by atoms with van der Waals surface area (Å²) in [5, 5.41) is 2.69. The van der Waals surface area contributed by atoms with E-state index in [1.165, 1.54) is 27.5 Å². The molecule has 0 aliphatic carbocycles. The number of terminal acetylenes is 1. The van der Waals surface area contributed by atoms with Crippen LogP contribution in [0.25, 0.3) is 16.8 Å². The van der Waals surface area contributed by atoms with Gasteiger partial charge in [-0.2, -0.15) is 0 Å². The monoisotopic (exact) mass is 252 g/mol. The number of hydrogen-bond acceptors (Lipinski definition) is 0. The average molecular weight is 252 g/mol. The Morgan fingerprint density at radius 2 is 1.74 bits per heavy atom. The molecule has 0 fully saturated rings. The summed E-state index contributed by atoms with van der Waals surface area (Å²) >= 11 is 0. The van der Waals surface area contributed by atoms with Gasteiger partial charge in [0, 0.05) is 0 Å². The Kier molecular flexibility index (Phi) is 8.05. The molecule has 0 aromatic heterocycles. The summed E-state index contributed by atoms with van der Waals surface area (Å²) in [7, 11) is 0. The van der Waals surface area contributed by atoms with Gasteiger partial charge in [-0.15, -0.1) is 12.8 Å². The minimum atomic E-state index is 1.06. The molecular weight excluding hydrogens is 228 g/mol. The number of benzene rings is 2. The molecule has 0 heteroatoms. The predicted molar refractivity (Wildman–Crippen MR) is 89.4 cm³/mol. The van der Waals surface area contributed by atoms with Gasteiger partial charge < -0.3 is 0 Å². The maximum Gasteiger partial charge on any atom is -0.0146 e. The highest BCUT2D eigenvalue weighted by atomic mass is 14.1. The maximum absolute atomic E-state index is 4.00. The highest BCUT2D eigenvalue weighted by Crippen LogP contribution is 2.26. The van der Waals surface area contributed by atoms with Crippen LogP contribution in [-0.2, 0) is 6.42 Å². The lowest BCUT2D eigenvalue weighted by atomic mass is 9.93. The smallest absolute Gasteiger partial charge is 0.0146 e. The Bertz CT molecular complexity index is 544. The van der Waals surface area contributed by atoms with Crippen LogP contribution in [0.1, 0.15) is 37.5 Å². The summed E-state index contributed by atoms with van der Waals surface area (Å²) in [4.78, 5) is 0. The SMILES string of the molecule is C#C.C=Cc1c(C)cc2ccccc2c1CC.CC.